The maximum atomic E-state index is 12.2. The van der Waals surface area contributed by atoms with Crippen molar-refractivity contribution in [3.05, 3.63) is 169 Å². The van der Waals surface area contributed by atoms with Gasteiger partial charge in [0.1, 0.15) is 19.2 Å². The van der Waals surface area contributed by atoms with Crippen molar-refractivity contribution >= 4 is 146 Å². The largest absolute Gasteiger partial charge is 0.465 e. The first-order valence-corrected chi connectivity index (χ1v) is 27.7. The van der Waals surface area contributed by atoms with Crippen molar-refractivity contribution in [2.45, 2.75) is 19.2 Å². The molecule has 0 saturated carbocycles. The molecule has 0 spiro atoms. The van der Waals surface area contributed by atoms with Crippen LogP contribution in [0.3, 0.4) is 0 Å². The topological polar surface area (TPSA) is 311 Å². The number of ether oxygens (including phenoxy) is 1. The maximum Gasteiger partial charge on any atom is 0.337 e. The summed E-state index contributed by atoms with van der Waals surface area (Å²) in [4.78, 5) is 56.1. The van der Waals surface area contributed by atoms with Gasteiger partial charge in [0.2, 0.25) is 10.0 Å². The van der Waals surface area contributed by atoms with Crippen molar-refractivity contribution in [2.75, 3.05) is 35.9 Å². The second kappa shape index (κ2) is 27.6. The number of carbonyl (C=O) groups is 4. The molecule has 0 fully saturated rings. The lowest BCUT2D eigenvalue weighted by Gasteiger charge is -2.09. The highest BCUT2D eigenvalue weighted by Crippen LogP contribution is 2.27. The van der Waals surface area contributed by atoms with Gasteiger partial charge in [0.05, 0.1) is 32.8 Å². The number of para-hydroxylation sites is 1. The minimum Gasteiger partial charge on any atom is -0.465 e. The van der Waals surface area contributed by atoms with Crippen LogP contribution in [0.2, 0.25) is 13.0 Å². The van der Waals surface area contributed by atoms with Crippen LogP contribution in [0.1, 0.15) is 26.3 Å². The molecule has 9 N–H and O–H groups in total. The molecule has 3 heterocycles. The summed E-state index contributed by atoms with van der Waals surface area (Å²) in [6.45, 7) is 0.260. The molecule has 7 rings (SSSR count). The number of primary sulfonamides is 1. The van der Waals surface area contributed by atoms with Crippen LogP contribution >= 0.6 is 68.8 Å². The second-order valence-corrected chi connectivity index (χ2v) is 24.2. The average molecular weight is 1160 g/mol. The molecule has 5 amide bonds. The van der Waals surface area contributed by atoms with E-state index < -0.39 is 42.1 Å². The summed E-state index contributed by atoms with van der Waals surface area (Å²) in [5, 5.41) is 12.4. The Morgan fingerprint density at radius 1 is 0.528 bits per heavy atom. The predicted octanol–water partition coefficient (Wildman–Crippen LogP) is 9.26. The molecule has 0 unspecified atom stereocenters. The first kappa shape index (κ1) is 58.4. The molecule has 0 aliphatic carbocycles. The molecular weight excluding hydrogens is 1120 g/mol. The number of thiophene rings is 3. The zero-order valence-electron chi connectivity index (χ0n) is 37.0. The fourth-order valence-electron chi connectivity index (χ4n) is 4.97. The number of methoxy groups -OCH3 is 1. The lowest BCUT2D eigenvalue weighted by Crippen LogP contribution is -2.33. The van der Waals surface area contributed by atoms with Gasteiger partial charge in [0.15, 0.2) is 0 Å². The Kier molecular flexibility index (Phi) is 22.4. The number of hydrogen-bond donors (Lipinski definition) is 7. The molecular formula is C43H40Cl3N7O13S6. The molecule has 0 bridgehead atoms. The molecule has 4 aromatic carbocycles. The summed E-state index contributed by atoms with van der Waals surface area (Å²) in [6.07, 6.45) is 0. The number of hydrogen-bond acceptors (Lipinski definition) is 17. The van der Waals surface area contributed by atoms with Gasteiger partial charge in [-0.3, -0.25) is 4.79 Å². The number of amides is 5. The summed E-state index contributed by atoms with van der Waals surface area (Å²) in [5.41, 5.74) is 9.21. The van der Waals surface area contributed by atoms with E-state index in [-0.39, 0.29) is 31.1 Å². The maximum absolute atomic E-state index is 12.2. The molecule has 0 saturated heterocycles. The minimum absolute atomic E-state index is 0.0373. The molecule has 7 aromatic rings. The van der Waals surface area contributed by atoms with Crippen molar-refractivity contribution < 1.29 is 58.9 Å². The average Bonchev–Trinajstić information content (AvgIpc) is 4.11. The smallest absolute Gasteiger partial charge is 0.337 e. The Labute approximate surface area is 440 Å². The van der Waals surface area contributed by atoms with Crippen LogP contribution in [-0.2, 0) is 51.2 Å². The van der Waals surface area contributed by atoms with Crippen LogP contribution < -0.4 is 36.3 Å². The molecule has 20 nitrogen and oxygen atoms in total. The molecule has 72 heavy (non-hydrogen) atoms. The van der Waals surface area contributed by atoms with Crippen LogP contribution in [0.25, 0.3) is 0 Å². The minimum atomic E-state index is -4.01. The van der Waals surface area contributed by atoms with Crippen molar-refractivity contribution in [1.82, 2.24) is 9.44 Å². The first-order valence-electron chi connectivity index (χ1n) is 19.6. The summed E-state index contributed by atoms with van der Waals surface area (Å²) in [5.74, 6) is -0.649. The van der Waals surface area contributed by atoms with Gasteiger partial charge in [-0.2, -0.15) is 0 Å². The number of esters is 1. The molecule has 0 aliphatic rings. The number of anilines is 4. The number of benzene rings is 4. The van der Waals surface area contributed by atoms with Gasteiger partial charge < -0.3 is 26.4 Å². The Morgan fingerprint density at radius 2 is 0.944 bits per heavy atom. The van der Waals surface area contributed by atoms with E-state index in [1.165, 1.54) is 74.9 Å². The number of nitrogens with one attached hydrogen (secondary N) is 5. The molecule has 0 radical (unpaired) electrons. The van der Waals surface area contributed by atoms with E-state index in [0.717, 1.165) is 39.6 Å². The van der Waals surface area contributed by atoms with Crippen LogP contribution in [0.5, 0.6) is 0 Å². The third-order valence-electron chi connectivity index (χ3n) is 8.23. The molecule has 3 aromatic heterocycles. The van der Waals surface area contributed by atoms with Gasteiger partial charge in [-0.25, -0.2) is 64.0 Å². The zero-order chi connectivity index (χ0) is 53.1. The van der Waals surface area contributed by atoms with Crippen molar-refractivity contribution in [3.8, 4) is 0 Å². The quantitative estimate of drug-likeness (QED) is 0.0245. The number of carbonyl (C=O) groups excluding carboxylic acids is 4. The van der Waals surface area contributed by atoms with Gasteiger partial charge >= 0.3 is 18.0 Å². The third kappa shape index (κ3) is 19.8. The van der Waals surface area contributed by atoms with Crippen molar-refractivity contribution in [1.29, 1.82) is 0 Å². The molecule has 382 valence electrons. The zero-order valence-corrected chi connectivity index (χ0v) is 44.2. The number of nitrogen functional groups attached to an aromatic ring is 1. The Hall–Kier alpha value is -6.14. The van der Waals surface area contributed by atoms with Gasteiger partial charge in [-0.15, -0.1) is 34.0 Å². The van der Waals surface area contributed by atoms with E-state index in [0.29, 0.717) is 46.9 Å². The van der Waals surface area contributed by atoms with E-state index in [1.807, 2.05) is 15.5 Å². The van der Waals surface area contributed by atoms with Gasteiger partial charge in [0, 0.05) is 28.3 Å². The van der Waals surface area contributed by atoms with E-state index in [1.54, 1.807) is 72.8 Å². The van der Waals surface area contributed by atoms with E-state index in [9.17, 15) is 44.4 Å². The Bertz CT molecular complexity index is 3270. The lowest BCUT2D eigenvalue weighted by atomic mass is 10.2. The highest BCUT2D eigenvalue weighted by atomic mass is 35.5. The highest BCUT2D eigenvalue weighted by Gasteiger charge is 2.21. The summed E-state index contributed by atoms with van der Waals surface area (Å²) in [7, 11) is -8.75. The fraction of sp³-hybridized carbons (Fsp3) is 0.0698. The SMILES string of the molecule is COC(=O)c1ccc(N)cc1.COOCc1ccc(NC(=O)NS(=O)(=O)c2ccc(Cl)s2)cc1.NS(=O)(=O)c1ccc(Cl)s1.O=C(Nc1ccc(C(=O)Nc2ccccc2)cc1)NS(=O)(=O)c1ccc(Cl)s1. The monoisotopic (exact) mass is 1160 g/mol. The van der Waals surface area contributed by atoms with Crippen LogP contribution in [-0.4, -0.2) is 63.4 Å². The Balaban J connectivity index is 0.000000227. The standard InChI is InChI=1S/C18H14ClN3O4S2.C13H13ClN2O5S2.C8H9NO2.C4H4ClNO2S2/c19-15-10-11-16(27-15)28(25,26)22-18(24)21-14-8-6-12(7-9-14)17(23)20-13-4-2-1-3-5-13;1-20-21-8-9-2-4-10(5-3-9)15-13(17)16-23(18,19)12-7-6-11(14)22-12;1-11-8(10)6-2-4-7(9)5-3-6;5-3-1-2-4(9-3)10(6,7)8/h1-11H,(H,20,23)(H2,21,22,24);2-7H,8H2,1H3,(H2,15,16,17);2-5H,9H2,1H3;1-2H,(H2,6,7,8). The Morgan fingerprint density at radius 3 is 1.33 bits per heavy atom. The lowest BCUT2D eigenvalue weighted by molar-refractivity contribution is -0.282. The number of urea groups is 2. The second-order valence-electron chi connectivity index (χ2n) is 13.5. The van der Waals surface area contributed by atoms with Crippen molar-refractivity contribution in [2.24, 2.45) is 5.14 Å². The number of halogens is 3. The normalized spacial score (nSPS) is 10.9. The molecule has 0 atom stereocenters. The third-order valence-corrected chi connectivity index (χ3v) is 17.0. The molecule has 29 heteroatoms. The van der Waals surface area contributed by atoms with Gasteiger partial charge in [-0.1, -0.05) is 65.1 Å². The summed E-state index contributed by atoms with van der Waals surface area (Å²) in [6, 6.07) is 34.8. The first-order chi connectivity index (χ1) is 34.0. The fourth-order valence-corrected chi connectivity index (χ4v) is 11.7. The number of sulfonamides is 3. The summed E-state index contributed by atoms with van der Waals surface area (Å²) >= 11 is 19.5. The highest BCUT2D eigenvalue weighted by molar-refractivity contribution is 7.92. The van der Waals surface area contributed by atoms with Crippen LogP contribution in [0, 0.1) is 0 Å². The number of nitrogens with two attached hydrogens (primary N) is 2. The summed E-state index contributed by atoms with van der Waals surface area (Å²) < 4.78 is 78.6. The van der Waals surface area contributed by atoms with Gasteiger partial charge in [-0.05, 0) is 115 Å². The van der Waals surface area contributed by atoms with E-state index in [4.69, 9.17) is 50.6 Å². The van der Waals surface area contributed by atoms with Crippen molar-refractivity contribution in [3.63, 3.8) is 0 Å². The molecule has 0 aliphatic heterocycles. The van der Waals surface area contributed by atoms with Gasteiger partial charge in [0.25, 0.3) is 26.0 Å². The number of rotatable bonds is 13. The van der Waals surface area contributed by atoms with Crippen LogP contribution in [0.15, 0.2) is 152 Å². The predicted molar refractivity (Wildman–Crippen MR) is 279 cm³/mol. The van der Waals surface area contributed by atoms with E-state index >= 15 is 0 Å². The van der Waals surface area contributed by atoms with E-state index in [2.05, 4.69) is 25.6 Å². The van der Waals surface area contributed by atoms with Crippen LogP contribution in [0.4, 0.5) is 32.3 Å².